The van der Waals surface area contributed by atoms with Gasteiger partial charge in [-0.2, -0.15) is 0 Å². The molecule has 0 amide bonds. The van der Waals surface area contributed by atoms with Crippen molar-refractivity contribution in [3.8, 4) is 66.8 Å². The lowest BCUT2D eigenvalue weighted by atomic mass is 9.93. The van der Waals surface area contributed by atoms with E-state index in [-0.39, 0.29) is 0 Å². The fraction of sp³-hybridized carbons (Fsp3) is 0.0192. The third-order valence-electron chi connectivity index (χ3n) is 11.3. The standard InChI is InChI=1S/C52H34N2/c1-53-32-33-11-6-14-36(29-33)54(37-15-7-12-34(30-37)39-25-27-49-43-19-4-2-17-41(43)47-23-9-21-45(39)51(47)49)38-16-8-13-35(31-38)40-26-28-50-44-20-5-3-18-42(44)48-24-10-22-46(40)52(48)50/h2-32H,1H3/b53-32-. The molecule has 0 saturated carbocycles. The highest BCUT2D eigenvalue weighted by molar-refractivity contribution is 6.20. The molecule has 0 atom stereocenters. The summed E-state index contributed by atoms with van der Waals surface area (Å²) in [5, 5.41) is 5.24. The molecule has 0 aromatic heterocycles. The van der Waals surface area contributed by atoms with Crippen LogP contribution in [0.4, 0.5) is 17.1 Å². The molecule has 9 aromatic carbocycles. The van der Waals surface area contributed by atoms with E-state index < -0.39 is 0 Å². The zero-order valence-electron chi connectivity index (χ0n) is 29.8. The lowest BCUT2D eigenvalue weighted by molar-refractivity contribution is 1.28. The molecule has 0 unspecified atom stereocenters. The quantitative estimate of drug-likeness (QED) is 0.159. The van der Waals surface area contributed by atoms with Gasteiger partial charge in [0.25, 0.3) is 0 Å². The highest BCUT2D eigenvalue weighted by atomic mass is 15.1. The first-order valence-corrected chi connectivity index (χ1v) is 18.6. The number of benzene rings is 9. The van der Waals surface area contributed by atoms with Crippen LogP contribution in [0.5, 0.6) is 0 Å². The second kappa shape index (κ2) is 12.0. The van der Waals surface area contributed by atoms with E-state index in [0.29, 0.717) is 0 Å². The first-order valence-electron chi connectivity index (χ1n) is 18.6. The van der Waals surface area contributed by atoms with E-state index >= 15 is 0 Å². The first-order chi connectivity index (χ1) is 26.7. The third-order valence-corrected chi connectivity index (χ3v) is 11.3. The van der Waals surface area contributed by atoms with E-state index in [4.69, 9.17) is 0 Å². The Morgan fingerprint density at radius 3 is 1.22 bits per heavy atom. The highest BCUT2D eigenvalue weighted by Crippen LogP contribution is 2.51. The molecule has 2 nitrogen and oxygen atoms in total. The summed E-state index contributed by atoms with van der Waals surface area (Å²) in [7, 11) is 1.82. The fourth-order valence-corrected chi connectivity index (χ4v) is 9.09. The van der Waals surface area contributed by atoms with Gasteiger partial charge in [-0.15, -0.1) is 0 Å². The predicted octanol–water partition coefficient (Wildman–Crippen LogP) is 14.1. The number of anilines is 3. The Kier molecular flexibility index (Phi) is 6.80. The van der Waals surface area contributed by atoms with Gasteiger partial charge in [-0.05, 0) is 130 Å². The van der Waals surface area contributed by atoms with Crippen LogP contribution < -0.4 is 4.90 Å². The topological polar surface area (TPSA) is 15.6 Å². The summed E-state index contributed by atoms with van der Waals surface area (Å²) in [4.78, 5) is 6.72. The van der Waals surface area contributed by atoms with Crippen molar-refractivity contribution in [1.29, 1.82) is 0 Å². The SMILES string of the molecule is C/N=C\c1cccc(N(c2cccc(-c3ccc4c5c(cccc35)-c3ccccc3-4)c2)c2cccc(-c3ccc4c5c(cccc35)-c3ccccc3-4)c2)c1. The van der Waals surface area contributed by atoms with Gasteiger partial charge in [0, 0.05) is 30.3 Å². The smallest absolute Gasteiger partial charge is 0.0468 e. The Morgan fingerprint density at radius 2 is 0.741 bits per heavy atom. The Labute approximate surface area is 315 Å². The van der Waals surface area contributed by atoms with E-state index in [1.165, 1.54) is 88.3 Å². The molecule has 0 radical (unpaired) electrons. The normalized spacial score (nSPS) is 12.1. The molecule has 0 heterocycles. The molecule has 0 N–H and O–H groups in total. The minimum atomic E-state index is 1.06. The predicted molar refractivity (Wildman–Crippen MR) is 229 cm³/mol. The lowest BCUT2D eigenvalue weighted by Crippen LogP contribution is -2.10. The zero-order chi connectivity index (χ0) is 35.8. The molecule has 2 aliphatic carbocycles. The van der Waals surface area contributed by atoms with E-state index in [0.717, 1.165) is 22.6 Å². The molecule has 252 valence electrons. The number of hydrogen-bond donors (Lipinski definition) is 0. The lowest BCUT2D eigenvalue weighted by Gasteiger charge is -2.27. The molecule has 11 rings (SSSR count). The van der Waals surface area contributed by atoms with Gasteiger partial charge < -0.3 is 4.90 Å². The second-order valence-corrected chi connectivity index (χ2v) is 14.3. The molecule has 0 saturated heterocycles. The van der Waals surface area contributed by atoms with E-state index in [2.05, 4.69) is 192 Å². The number of fused-ring (bicyclic) bond motifs is 6. The second-order valence-electron chi connectivity index (χ2n) is 14.3. The van der Waals surface area contributed by atoms with E-state index in [9.17, 15) is 0 Å². The molecular weight excluding hydrogens is 653 g/mol. The van der Waals surface area contributed by atoms with Gasteiger partial charge in [-0.3, -0.25) is 4.99 Å². The number of nitrogens with zero attached hydrogens (tertiary/aromatic N) is 2. The fourth-order valence-electron chi connectivity index (χ4n) is 9.09. The van der Waals surface area contributed by atoms with Gasteiger partial charge in [0.2, 0.25) is 0 Å². The molecule has 2 heteroatoms. The van der Waals surface area contributed by atoms with Gasteiger partial charge in [-0.1, -0.05) is 146 Å². The third kappa shape index (κ3) is 4.57. The van der Waals surface area contributed by atoms with Crippen molar-refractivity contribution in [3.05, 3.63) is 188 Å². The van der Waals surface area contributed by atoms with Crippen molar-refractivity contribution in [2.45, 2.75) is 0 Å². The van der Waals surface area contributed by atoms with Crippen molar-refractivity contribution < 1.29 is 0 Å². The van der Waals surface area contributed by atoms with Crippen LogP contribution in [0.25, 0.3) is 88.3 Å². The van der Waals surface area contributed by atoms with Gasteiger partial charge in [-0.25, -0.2) is 0 Å². The van der Waals surface area contributed by atoms with Gasteiger partial charge >= 0.3 is 0 Å². The van der Waals surface area contributed by atoms with Crippen LogP contribution in [0.15, 0.2) is 187 Å². The minimum Gasteiger partial charge on any atom is -0.310 e. The van der Waals surface area contributed by atoms with Crippen molar-refractivity contribution in [3.63, 3.8) is 0 Å². The van der Waals surface area contributed by atoms with Crippen LogP contribution in [-0.4, -0.2) is 13.3 Å². The average molecular weight is 687 g/mol. The molecule has 54 heavy (non-hydrogen) atoms. The molecular formula is C52H34N2. The summed E-state index contributed by atoms with van der Waals surface area (Å²) in [5.41, 5.74) is 19.7. The Morgan fingerprint density at radius 1 is 0.352 bits per heavy atom. The van der Waals surface area contributed by atoms with Gasteiger partial charge in [0.15, 0.2) is 0 Å². The molecule has 0 spiro atoms. The number of rotatable bonds is 6. The Hall–Kier alpha value is -7.03. The van der Waals surface area contributed by atoms with Crippen LogP contribution in [0.2, 0.25) is 0 Å². The molecule has 2 aliphatic rings. The van der Waals surface area contributed by atoms with Crippen molar-refractivity contribution >= 4 is 44.8 Å². The van der Waals surface area contributed by atoms with Crippen molar-refractivity contribution in [2.75, 3.05) is 11.9 Å². The van der Waals surface area contributed by atoms with Crippen LogP contribution in [-0.2, 0) is 0 Å². The maximum atomic E-state index is 4.34. The average Bonchev–Trinajstić information content (AvgIpc) is 3.73. The maximum Gasteiger partial charge on any atom is 0.0468 e. The number of hydrogen-bond acceptors (Lipinski definition) is 2. The zero-order valence-corrected chi connectivity index (χ0v) is 29.8. The Balaban J connectivity index is 1.07. The summed E-state index contributed by atoms with van der Waals surface area (Å²) in [6.07, 6.45) is 1.92. The summed E-state index contributed by atoms with van der Waals surface area (Å²) in [6, 6.07) is 66.9. The van der Waals surface area contributed by atoms with Gasteiger partial charge in [0.1, 0.15) is 0 Å². The van der Waals surface area contributed by atoms with E-state index in [1.54, 1.807) is 0 Å². The van der Waals surface area contributed by atoms with Crippen LogP contribution in [0, 0.1) is 0 Å². The summed E-state index contributed by atoms with van der Waals surface area (Å²) >= 11 is 0. The molecule has 0 fully saturated rings. The molecule has 0 aliphatic heterocycles. The monoisotopic (exact) mass is 686 g/mol. The van der Waals surface area contributed by atoms with Crippen molar-refractivity contribution in [1.82, 2.24) is 0 Å². The largest absolute Gasteiger partial charge is 0.310 e. The first kappa shape index (κ1) is 30.6. The molecule has 9 aromatic rings. The summed E-state index contributed by atoms with van der Waals surface area (Å²) in [6.45, 7) is 0. The van der Waals surface area contributed by atoms with E-state index in [1.807, 2.05) is 13.3 Å². The van der Waals surface area contributed by atoms with Crippen LogP contribution in [0.3, 0.4) is 0 Å². The van der Waals surface area contributed by atoms with Gasteiger partial charge in [0.05, 0.1) is 0 Å². The summed E-state index contributed by atoms with van der Waals surface area (Å²) in [5.74, 6) is 0. The summed E-state index contributed by atoms with van der Waals surface area (Å²) < 4.78 is 0. The van der Waals surface area contributed by atoms with Crippen molar-refractivity contribution in [2.24, 2.45) is 4.99 Å². The highest BCUT2D eigenvalue weighted by Gasteiger charge is 2.24. The van der Waals surface area contributed by atoms with Crippen LogP contribution in [0.1, 0.15) is 5.56 Å². The van der Waals surface area contributed by atoms with Crippen LogP contribution >= 0.6 is 0 Å². The minimum absolute atomic E-state index is 1.06. The number of aliphatic imine (C=N–C) groups is 1. The maximum absolute atomic E-state index is 4.34. The Bertz CT molecular complexity index is 2790. The molecule has 0 bridgehead atoms.